The van der Waals surface area contributed by atoms with E-state index in [9.17, 15) is 14.0 Å². The second kappa shape index (κ2) is 11.6. The van der Waals surface area contributed by atoms with Crippen LogP contribution in [0, 0.1) is 0 Å². The topological polar surface area (TPSA) is 116 Å². The Morgan fingerprint density at radius 2 is 2.03 bits per heavy atom. The van der Waals surface area contributed by atoms with Gasteiger partial charge in [0.15, 0.2) is 0 Å². The number of aryl methyl sites for hydroxylation is 1. The summed E-state index contributed by atoms with van der Waals surface area (Å²) in [6.45, 7) is 0.610. The zero-order chi connectivity index (χ0) is 26.4. The van der Waals surface area contributed by atoms with E-state index >= 15 is 0 Å². The molecule has 0 fully saturated rings. The van der Waals surface area contributed by atoms with Gasteiger partial charge in [0.2, 0.25) is 5.78 Å². The molecule has 0 bridgehead atoms. The van der Waals surface area contributed by atoms with Gasteiger partial charge >= 0.3 is 0 Å². The number of likely N-dealkylation sites (N-methyl/N-ethyl adjacent to an activating group) is 1. The molecule has 194 valence electrons. The molecule has 0 saturated carbocycles. The molecule has 0 unspecified atom stereocenters. The molecular weight excluding hydrogens is 481 g/mol. The number of anilines is 1. The van der Waals surface area contributed by atoms with Crippen molar-refractivity contribution in [2.75, 3.05) is 45.9 Å². The third-order valence-corrected chi connectivity index (χ3v) is 5.61. The molecule has 0 saturated heterocycles. The molecule has 0 radical (unpaired) electrons. The van der Waals surface area contributed by atoms with Crippen LogP contribution >= 0.6 is 0 Å². The number of carbonyl (C=O) groups is 2. The van der Waals surface area contributed by atoms with Crippen LogP contribution in [-0.4, -0.2) is 81.5 Å². The number of hydrogen-bond acceptors (Lipinski definition) is 7. The third kappa shape index (κ3) is 5.92. The van der Waals surface area contributed by atoms with Gasteiger partial charge in [-0.3, -0.25) is 23.1 Å². The van der Waals surface area contributed by atoms with Gasteiger partial charge in [0.25, 0.3) is 11.8 Å². The van der Waals surface area contributed by atoms with Crippen LogP contribution in [0.15, 0.2) is 48.9 Å². The van der Waals surface area contributed by atoms with E-state index in [1.807, 2.05) is 24.4 Å². The first-order valence-corrected chi connectivity index (χ1v) is 11.6. The van der Waals surface area contributed by atoms with Gasteiger partial charge in [-0.2, -0.15) is 10.1 Å². The van der Waals surface area contributed by atoms with E-state index in [4.69, 9.17) is 9.47 Å². The molecule has 12 heteroatoms. The number of amides is 2. The van der Waals surface area contributed by atoms with Gasteiger partial charge in [0.1, 0.15) is 17.3 Å². The van der Waals surface area contributed by atoms with Gasteiger partial charge in [-0.25, -0.2) is 4.98 Å². The Morgan fingerprint density at radius 1 is 1.19 bits per heavy atom. The van der Waals surface area contributed by atoms with Crippen LogP contribution < -0.4 is 10.1 Å². The lowest BCUT2D eigenvalue weighted by Crippen LogP contribution is -2.31. The summed E-state index contributed by atoms with van der Waals surface area (Å²) < 4.78 is 26.0. The summed E-state index contributed by atoms with van der Waals surface area (Å²) in [6.07, 6.45) is 5.23. The molecule has 1 aromatic carbocycles. The average molecular weight is 510 g/mol. The molecule has 3 heterocycles. The summed E-state index contributed by atoms with van der Waals surface area (Å²) >= 11 is 0. The zero-order valence-corrected chi connectivity index (χ0v) is 20.8. The highest BCUT2D eigenvalue weighted by molar-refractivity contribution is 6.10. The summed E-state index contributed by atoms with van der Waals surface area (Å²) in [5.74, 6) is 0.401. The quantitative estimate of drug-likeness (QED) is 0.309. The van der Waals surface area contributed by atoms with Crippen molar-refractivity contribution in [3.8, 4) is 17.0 Å². The molecular formula is C25H28FN7O4. The lowest BCUT2D eigenvalue weighted by Gasteiger charge is -2.16. The Bertz CT molecular complexity index is 1400. The minimum atomic E-state index is -0.523. The summed E-state index contributed by atoms with van der Waals surface area (Å²) in [4.78, 5) is 36.4. The summed E-state index contributed by atoms with van der Waals surface area (Å²) in [6, 6.07) is 8.98. The van der Waals surface area contributed by atoms with Crippen LogP contribution in [0.1, 0.15) is 27.3 Å². The molecule has 0 spiro atoms. The molecule has 11 nitrogen and oxygen atoms in total. The van der Waals surface area contributed by atoms with Crippen molar-refractivity contribution in [1.29, 1.82) is 0 Å². The number of halogens is 1. The monoisotopic (exact) mass is 509 g/mol. The standard InChI is InChI=1S/C25H28FN7O4/c1-31(11-13-36-3)24(35)19-15-27-32(2)22(19)23(34)29-21-8-10-33-16-20(28-25(33)30-21)17-6-4-7-18(14-17)37-12-5-9-26/h4,6-8,10,14-16H,5,9,11-13H2,1-3H3,(H,28,29,30,34). The Balaban J connectivity index is 1.52. The highest BCUT2D eigenvalue weighted by atomic mass is 19.1. The Labute approximate surface area is 212 Å². The van der Waals surface area contributed by atoms with Crippen LogP contribution in [0.4, 0.5) is 10.2 Å². The van der Waals surface area contributed by atoms with Crippen molar-refractivity contribution in [1.82, 2.24) is 29.0 Å². The van der Waals surface area contributed by atoms with Gasteiger partial charge in [-0.1, -0.05) is 12.1 Å². The molecule has 2 amide bonds. The number of fused-ring (bicyclic) bond motifs is 1. The van der Waals surface area contributed by atoms with Crippen molar-refractivity contribution >= 4 is 23.4 Å². The van der Waals surface area contributed by atoms with Crippen LogP contribution in [-0.2, 0) is 11.8 Å². The molecule has 0 atom stereocenters. The fourth-order valence-electron chi connectivity index (χ4n) is 3.64. The molecule has 0 aliphatic rings. The number of imidazole rings is 1. The number of nitrogens with zero attached hydrogens (tertiary/aromatic N) is 6. The first kappa shape index (κ1) is 25.8. The van der Waals surface area contributed by atoms with Crippen LogP contribution in [0.5, 0.6) is 5.75 Å². The number of alkyl halides is 1. The van der Waals surface area contributed by atoms with E-state index in [1.54, 1.807) is 43.9 Å². The van der Waals surface area contributed by atoms with Gasteiger partial charge < -0.3 is 19.7 Å². The minimum Gasteiger partial charge on any atom is -0.493 e. The van der Waals surface area contributed by atoms with Gasteiger partial charge in [-0.15, -0.1) is 0 Å². The molecule has 1 N–H and O–H groups in total. The first-order valence-electron chi connectivity index (χ1n) is 11.6. The van der Waals surface area contributed by atoms with Crippen molar-refractivity contribution in [2.24, 2.45) is 7.05 Å². The molecule has 0 aliphatic carbocycles. The number of benzene rings is 1. The number of carbonyl (C=O) groups excluding carboxylic acids is 2. The van der Waals surface area contributed by atoms with Crippen molar-refractivity contribution < 1.29 is 23.5 Å². The predicted octanol–water partition coefficient (Wildman–Crippen LogP) is 2.84. The maximum absolute atomic E-state index is 13.1. The Morgan fingerprint density at radius 3 is 2.81 bits per heavy atom. The number of methoxy groups -OCH3 is 1. The fraction of sp³-hybridized carbons (Fsp3) is 0.320. The smallest absolute Gasteiger partial charge is 0.275 e. The Kier molecular flexibility index (Phi) is 8.08. The number of ether oxygens (including phenoxy) is 2. The largest absolute Gasteiger partial charge is 0.493 e. The maximum Gasteiger partial charge on any atom is 0.275 e. The number of rotatable bonds is 11. The number of hydrogen-bond donors (Lipinski definition) is 1. The maximum atomic E-state index is 13.1. The van der Waals surface area contributed by atoms with Gasteiger partial charge in [0, 0.05) is 52.1 Å². The average Bonchev–Trinajstić information content (AvgIpc) is 3.50. The highest BCUT2D eigenvalue weighted by Gasteiger charge is 2.25. The van der Waals surface area contributed by atoms with Crippen molar-refractivity contribution in [2.45, 2.75) is 6.42 Å². The molecule has 4 rings (SSSR count). The second-order valence-corrected chi connectivity index (χ2v) is 8.27. The fourth-order valence-corrected chi connectivity index (χ4v) is 3.64. The van der Waals surface area contributed by atoms with E-state index in [0.717, 1.165) is 5.56 Å². The molecule has 37 heavy (non-hydrogen) atoms. The lowest BCUT2D eigenvalue weighted by atomic mass is 10.1. The normalized spacial score (nSPS) is 11.0. The number of nitrogens with one attached hydrogen (secondary N) is 1. The van der Waals surface area contributed by atoms with Crippen LogP contribution in [0.2, 0.25) is 0 Å². The summed E-state index contributed by atoms with van der Waals surface area (Å²) in [5, 5.41) is 6.82. The predicted molar refractivity (Wildman–Crippen MR) is 135 cm³/mol. The highest BCUT2D eigenvalue weighted by Crippen LogP contribution is 2.24. The van der Waals surface area contributed by atoms with Crippen LogP contribution in [0.3, 0.4) is 0 Å². The molecule has 4 aromatic rings. The van der Waals surface area contributed by atoms with E-state index in [1.165, 1.54) is 15.8 Å². The number of aromatic nitrogens is 5. The van der Waals surface area contributed by atoms with E-state index < -0.39 is 12.6 Å². The summed E-state index contributed by atoms with van der Waals surface area (Å²) in [7, 11) is 4.78. The lowest BCUT2D eigenvalue weighted by molar-refractivity contribution is 0.0740. The van der Waals surface area contributed by atoms with E-state index in [0.29, 0.717) is 43.4 Å². The molecule has 3 aromatic heterocycles. The van der Waals surface area contributed by atoms with Crippen molar-refractivity contribution in [3.63, 3.8) is 0 Å². The van der Waals surface area contributed by atoms with Gasteiger partial charge in [-0.05, 0) is 18.2 Å². The van der Waals surface area contributed by atoms with Crippen LogP contribution in [0.25, 0.3) is 17.0 Å². The second-order valence-electron chi connectivity index (χ2n) is 8.27. The SMILES string of the molecule is COCCN(C)C(=O)c1cnn(C)c1C(=O)Nc1ccn2cc(-c3cccc(OCCCF)c3)nc2n1. The van der Waals surface area contributed by atoms with E-state index in [2.05, 4.69) is 20.4 Å². The summed E-state index contributed by atoms with van der Waals surface area (Å²) in [5.41, 5.74) is 1.76. The third-order valence-electron chi connectivity index (χ3n) is 5.61. The zero-order valence-electron chi connectivity index (χ0n) is 20.8. The van der Waals surface area contributed by atoms with Crippen molar-refractivity contribution in [3.05, 3.63) is 60.2 Å². The van der Waals surface area contributed by atoms with Gasteiger partial charge in [0.05, 0.1) is 37.3 Å². The minimum absolute atomic E-state index is 0.115. The Hall–Kier alpha value is -4.32. The van der Waals surface area contributed by atoms with E-state index in [-0.39, 0.29) is 23.0 Å². The first-order chi connectivity index (χ1) is 17.9. The molecule has 0 aliphatic heterocycles.